The van der Waals surface area contributed by atoms with E-state index in [0.29, 0.717) is 23.5 Å². The molecule has 4 aromatic rings. The molecule has 3 heterocycles. The number of carbonyl (C=O) groups is 1. The van der Waals surface area contributed by atoms with Crippen LogP contribution in [0.2, 0.25) is 0 Å². The first-order chi connectivity index (χ1) is 20.1. The van der Waals surface area contributed by atoms with Crippen molar-refractivity contribution in [2.24, 2.45) is 0 Å². The Morgan fingerprint density at radius 3 is 2.56 bits per heavy atom. The quantitative estimate of drug-likeness (QED) is 0.238. The van der Waals surface area contributed by atoms with Crippen LogP contribution in [0, 0.1) is 11.3 Å². The summed E-state index contributed by atoms with van der Waals surface area (Å²) in [5, 5.41) is 13.6. The molecule has 41 heavy (non-hydrogen) atoms. The molecule has 2 aliphatic rings. The number of nitrogens with zero attached hydrogens (tertiary/aromatic N) is 4. The summed E-state index contributed by atoms with van der Waals surface area (Å²) in [5.74, 6) is 0.793. The van der Waals surface area contributed by atoms with E-state index in [-0.39, 0.29) is 11.9 Å². The number of pyridine rings is 1. The maximum atomic E-state index is 14.3. The number of nitriles is 1. The molecule has 1 amide bonds. The van der Waals surface area contributed by atoms with Crippen LogP contribution < -0.4 is 5.32 Å². The molecule has 6 rings (SSSR count). The molecule has 6 nitrogen and oxygen atoms in total. The summed E-state index contributed by atoms with van der Waals surface area (Å²) in [5.41, 5.74) is 5.33. The summed E-state index contributed by atoms with van der Waals surface area (Å²) in [6.07, 6.45) is 6.69. The number of rotatable bonds is 8. The molecule has 0 aliphatic carbocycles. The molecule has 2 aliphatic heterocycles. The van der Waals surface area contributed by atoms with Crippen molar-refractivity contribution in [3.8, 4) is 17.2 Å². The molecule has 2 fully saturated rings. The zero-order chi connectivity index (χ0) is 28.2. The fraction of sp³-hybridized carbons (Fsp3) is 0.324. The number of amides is 1. The van der Waals surface area contributed by atoms with Crippen molar-refractivity contribution in [3.05, 3.63) is 89.5 Å². The second kappa shape index (κ2) is 12.3. The SMILES string of the molecule is CSc1ccccc1CNc1cc(C(=O)N2CCC[C@H]2CN2CCCC2)c2cc(-c3ccc(C#N)cc3)ccc2n1. The van der Waals surface area contributed by atoms with Crippen molar-refractivity contribution >= 4 is 34.4 Å². The summed E-state index contributed by atoms with van der Waals surface area (Å²) in [6.45, 7) is 4.66. The van der Waals surface area contributed by atoms with Gasteiger partial charge in [-0.3, -0.25) is 4.79 Å². The van der Waals surface area contributed by atoms with Gasteiger partial charge in [0.1, 0.15) is 5.82 Å². The van der Waals surface area contributed by atoms with Crippen LogP contribution in [0.5, 0.6) is 0 Å². The second-order valence-electron chi connectivity index (χ2n) is 10.9. The van der Waals surface area contributed by atoms with E-state index in [4.69, 9.17) is 4.98 Å². The van der Waals surface area contributed by atoms with E-state index < -0.39 is 0 Å². The third-order valence-corrected chi connectivity index (χ3v) is 9.18. The topological polar surface area (TPSA) is 72.3 Å². The number of thioether (sulfide) groups is 1. The minimum atomic E-state index is 0.0867. The summed E-state index contributed by atoms with van der Waals surface area (Å²) >= 11 is 1.73. The van der Waals surface area contributed by atoms with Gasteiger partial charge in [0.25, 0.3) is 5.91 Å². The number of benzene rings is 3. The van der Waals surface area contributed by atoms with Crippen molar-refractivity contribution in [1.29, 1.82) is 5.26 Å². The average molecular weight is 562 g/mol. The fourth-order valence-corrected chi connectivity index (χ4v) is 6.77. The van der Waals surface area contributed by atoms with Gasteiger partial charge in [-0.05, 0) is 98.1 Å². The van der Waals surface area contributed by atoms with Gasteiger partial charge in [0.15, 0.2) is 0 Å². The standard InChI is InChI=1S/C34H35N5OS/c1-41-32-9-3-2-7-27(32)22-36-33-20-30(34(40)39-18-6-8-28(39)23-38-16-4-5-17-38)29-19-26(14-15-31(29)37-33)25-12-10-24(21-35)11-13-25/h2-3,7,9-15,19-20,28H,4-6,8,16-18,22-23H2,1H3,(H,36,37)/t28-/m0/s1. The summed E-state index contributed by atoms with van der Waals surface area (Å²) in [6, 6.07) is 26.4. The zero-order valence-electron chi connectivity index (χ0n) is 23.5. The number of anilines is 1. The molecule has 7 heteroatoms. The molecular formula is C34H35N5OS. The molecule has 1 atom stereocenters. The molecule has 0 saturated carbocycles. The predicted molar refractivity (Wildman–Crippen MR) is 167 cm³/mol. The van der Waals surface area contributed by atoms with E-state index >= 15 is 0 Å². The Morgan fingerprint density at radius 1 is 1.00 bits per heavy atom. The summed E-state index contributed by atoms with van der Waals surface area (Å²) in [7, 11) is 0. The lowest BCUT2D eigenvalue weighted by Gasteiger charge is -2.29. The molecule has 2 saturated heterocycles. The maximum absolute atomic E-state index is 14.3. The van der Waals surface area contributed by atoms with Gasteiger partial charge in [0.2, 0.25) is 0 Å². The maximum Gasteiger partial charge on any atom is 0.254 e. The average Bonchev–Trinajstić information content (AvgIpc) is 3.72. The lowest BCUT2D eigenvalue weighted by molar-refractivity contribution is 0.0710. The Bertz CT molecular complexity index is 1590. The van der Waals surface area contributed by atoms with Crippen molar-refractivity contribution in [1.82, 2.24) is 14.8 Å². The molecule has 3 aromatic carbocycles. The smallest absolute Gasteiger partial charge is 0.254 e. The molecule has 1 aromatic heterocycles. The van der Waals surface area contributed by atoms with Crippen molar-refractivity contribution in [2.75, 3.05) is 37.8 Å². The highest BCUT2D eigenvalue weighted by Gasteiger charge is 2.32. The monoisotopic (exact) mass is 561 g/mol. The minimum absolute atomic E-state index is 0.0867. The van der Waals surface area contributed by atoms with Crippen LogP contribution in [-0.4, -0.2) is 59.2 Å². The number of hydrogen-bond donors (Lipinski definition) is 1. The molecule has 0 bridgehead atoms. The zero-order valence-corrected chi connectivity index (χ0v) is 24.3. The van der Waals surface area contributed by atoms with Crippen LogP contribution >= 0.6 is 11.8 Å². The van der Waals surface area contributed by atoms with E-state index in [9.17, 15) is 10.1 Å². The first-order valence-electron chi connectivity index (χ1n) is 14.5. The lowest BCUT2D eigenvalue weighted by atomic mass is 9.99. The molecule has 1 N–H and O–H groups in total. The van der Waals surface area contributed by atoms with Gasteiger partial charge in [-0.1, -0.05) is 36.4 Å². The highest BCUT2D eigenvalue weighted by molar-refractivity contribution is 7.98. The van der Waals surface area contributed by atoms with Gasteiger partial charge >= 0.3 is 0 Å². The number of nitrogens with one attached hydrogen (secondary N) is 1. The lowest BCUT2D eigenvalue weighted by Crippen LogP contribution is -2.42. The van der Waals surface area contributed by atoms with E-state index in [1.165, 1.54) is 23.3 Å². The van der Waals surface area contributed by atoms with E-state index in [2.05, 4.69) is 57.8 Å². The van der Waals surface area contributed by atoms with Gasteiger partial charge in [0.05, 0.1) is 22.7 Å². The number of carbonyl (C=O) groups excluding carboxylic acids is 1. The first kappa shape index (κ1) is 27.3. The van der Waals surface area contributed by atoms with Gasteiger partial charge < -0.3 is 15.1 Å². The highest BCUT2D eigenvalue weighted by atomic mass is 32.2. The molecule has 208 valence electrons. The van der Waals surface area contributed by atoms with Crippen molar-refractivity contribution in [3.63, 3.8) is 0 Å². The first-order valence-corrected chi connectivity index (χ1v) is 15.7. The van der Waals surface area contributed by atoms with Crippen molar-refractivity contribution < 1.29 is 4.79 Å². The van der Waals surface area contributed by atoms with Gasteiger partial charge in [-0.25, -0.2) is 4.98 Å². The second-order valence-corrected chi connectivity index (χ2v) is 11.8. The van der Waals surface area contributed by atoms with Crippen molar-refractivity contribution in [2.45, 2.75) is 43.2 Å². The molecule has 0 radical (unpaired) electrons. The van der Waals surface area contributed by atoms with Gasteiger partial charge in [-0.2, -0.15) is 5.26 Å². The van der Waals surface area contributed by atoms with Crippen LogP contribution in [0.3, 0.4) is 0 Å². The van der Waals surface area contributed by atoms with Crippen LogP contribution in [0.1, 0.15) is 47.2 Å². The normalized spacial score (nSPS) is 17.2. The highest BCUT2D eigenvalue weighted by Crippen LogP contribution is 2.31. The molecular weight excluding hydrogens is 526 g/mol. The van der Waals surface area contributed by atoms with E-state index in [0.717, 1.165) is 61.1 Å². The number of aromatic nitrogens is 1. The van der Waals surface area contributed by atoms with E-state index in [1.54, 1.807) is 11.8 Å². The van der Waals surface area contributed by atoms with Crippen LogP contribution in [0.25, 0.3) is 22.0 Å². The Kier molecular flexibility index (Phi) is 8.22. The number of hydrogen-bond acceptors (Lipinski definition) is 6. The molecule has 0 unspecified atom stereocenters. The van der Waals surface area contributed by atoms with Gasteiger partial charge in [-0.15, -0.1) is 11.8 Å². The Morgan fingerprint density at radius 2 is 1.78 bits per heavy atom. The summed E-state index contributed by atoms with van der Waals surface area (Å²) in [4.78, 5) is 25.1. The van der Waals surface area contributed by atoms with Crippen LogP contribution in [0.15, 0.2) is 77.7 Å². The predicted octanol–water partition coefficient (Wildman–Crippen LogP) is 6.81. The van der Waals surface area contributed by atoms with E-state index in [1.807, 2.05) is 42.5 Å². The Balaban J connectivity index is 1.36. The fourth-order valence-electron chi connectivity index (χ4n) is 6.16. The minimum Gasteiger partial charge on any atom is -0.366 e. The van der Waals surface area contributed by atoms with Gasteiger partial charge in [0, 0.05) is 36.0 Å². The third kappa shape index (κ3) is 5.95. The van der Waals surface area contributed by atoms with Crippen LogP contribution in [-0.2, 0) is 6.54 Å². The number of likely N-dealkylation sites (tertiary alicyclic amines) is 2. The Labute approximate surface area is 246 Å². The molecule has 0 spiro atoms. The summed E-state index contributed by atoms with van der Waals surface area (Å²) < 4.78 is 0. The van der Waals surface area contributed by atoms with Crippen LogP contribution in [0.4, 0.5) is 5.82 Å². The largest absolute Gasteiger partial charge is 0.366 e. The Hall–Kier alpha value is -3.86. The number of fused-ring (bicyclic) bond motifs is 1. The third-order valence-electron chi connectivity index (χ3n) is 8.34.